The minimum absolute atomic E-state index is 0.0860. The van der Waals surface area contributed by atoms with Crippen LogP contribution >= 0.6 is 0 Å². The first kappa shape index (κ1) is 21.7. The second kappa shape index (κ2) is 8.67. The Morgan fingerprint density at radius 3 is 2.21 bits per heavy atom. The van der Waals surface area contributed by atoms with Crippen molar-refractivity contribution >= 4 is 27.5 Å². The molecule has 0 radical (unpaired) electrons. The molecule has 2 unspecified atom stereocenters. The Morgan fingerprint density at radius 2 is 1.55 bits per heavy atom. The van der Waals surface area contributed by atoms with Crippen LogP contribution in [0.2, 0.25) is 0 Å². The van der Waals surface area contributed by atoms with E-state index < -0.39 is 5.41 Å². The van der Waals surface area contributed by atoms with Gasteiger partial charge in [-0.25, -0.2) is 0 Å². The first-order chi connectivity index (χ1) is 15.9. The van der Waals surface area contributed by atoms with Gasteiger partial charge in [-0.3, -0.25) is 4.79 Å². The number of rotatable bonds is 7. The molecule has 0 heterocycles. The first-order valence-electron chi connectivity index (χ1n) is 12.1. The predicted octanol–water partition coefficient (Wildman–Crippen LogP) is 7.79. The summed E-state index contributed by atoms with van der Waals surface area (Å²) in [5.74, 6) is 0.572. The molecule has 2 heteroatoms. The Balaban J connectivity index is 1.26. The van der Waals surface area contributed by atoms with E-state index in [0.29, 0.717) is 18.4 Å². The quantitative estimate of drug-likeness (QED) is 0.218. The van der Waals surface area contributed by atoms with Crippen molar-refractivity contribution in [1.29, 1.82) is 0 Å². The molecule has 0 aromatic heterocycles. The zero-order chi connectivity index (χ0) is 23.0. The van der Waals surface area contributed by atoms with E-state index in [1.54, 1.807) is 0 Å². The number of benzene rings is 4. The Morgan fingerprint density at radius 1 is 0.909 bits per heavy atom. The van der Waals surface area contributed by atoms with Crippen molar-refractivity contribution in [2.45, 2.75) is 51.9 Å². The third-order valence-electron chi connectivity index (χ3n) is 7.36. The summed E-state index contributed by atoms with van der Waals surface area (Å²) in [6, 6.07) is 28.2. The van der Waals surface area contributed by atoms with Crippen LogP contribution in [0.5, 0.6) is 0 Å². The molecule has 0 saturated carbocycles. The van der Waals surface area contributed by atoms with Crippen molar-refractivity contribution in [1.82, 2.24) is 0 Å². The topological polar surface area (TPSA) is 26.3 Å². The average molecular weight is 437 g/mol. The molecule has 4 aromatic carbocycles. The van der Waals surface area contributed by atoms with Gasteiger partial charge in [0.15, 0.2) is 0 Å². The summed E-state index contributed by atoms with van der Waals surface area (Å²) < 4.78 is 5.89. The molecule has 4 aromatic rings. The van der Waals surface area contributed by atoms with Gasteiger partial charge >= 0.3 is 5.97 Å². The lowest BCUT2D eigenvalue weighted by Gasteiger charge is -2.33. The SMILES string of the molecule is CCC(CC(C)(C)C(=O)OCC1Cc2cc3cc4ccccc4cc3cc21)c1ccccc1. The van der Waals surface area contributed by atoms with Gasteiger partial charge in [0, 0.05) is 5.92 Å². The fraction of sp³-hybridized carbons (Fsp3) is 0.323. The number of carbonyl (C=O) groups is 1. The van der Waals surface area contributed by atoms with Crippen molar-refractivity contribution < 1.29 is 9.53 Å². The highest BCUT2D eigenvalue weighted by atomic mass is 16.5. The Bertz CT molecular complexity index is 1300. The van der Waals surface area contributed by atoms with Gasteiger partial charge in [0.05, 0.1) is 12.0 Å². The smallest absolute Gasteiger partial charge is 0.311 e. The maximum Gasteiger partial charge on any atom is 0.311 e. The summed E-state index contributed by atoms with van der Waals surface area (Å²) in [4.78, 5) is 13.0. The van der Waals surface area contributed by atoms with Gasteiger partial charge < -0.3 is 4.74 Å². The molecule has 2 atom stereocenters. The Kier molecular flexibility index (Phi) is 5.70. The van der Waals surface area contributed by atoms with E-state index in [4.69, 9.17) is 4.74 Å². The van der Waals surface area contributed by atoms with Crippen molar-refractivity contribution in [2.24, 2.45) is 5.41 Å². The molecule has 0 bridgehead atoms. The maximum atomic E-state index is 13.0. The van der Waals surface area contributed by atoms with Crippen LogP contribution in [-0.4, -0.2) is 12.6 Å². The monoisotopic (exact) mass is 436 g/mol. The van der Waals surface area contributed by atoms with Crippen molar-refractivity contribution in [2.75, 3.05) is 6.61 Å². The van der Waals surface area contributed by atoms with E-state index in [1.165, 1.54) is 38.2 Å². The third kappa shape index (κ3) is 4.27. The van der Waals surface area contributed by atoms with Crippen LogP contribution in [0, 0.1) is 5.41 Å². The minimum atomic E-state index is -0.509. The number of ether oxygens (including phenoxy) is 1. The number of fused-ring (bicyclic) bond motifs is 3. The van der Waals surface area contributed by atoms with Crippen LogP contribution in [0.1, 0.15) is 62.1 Å². The summed E-state index contributed by atoms with van der Waals surface area (Å²) >= 11 is 0. The highest BCUT2D eigenvalue weighted by Crippen LogP contribution is 2.40. The van der Waals surface area contributed by atoms with Crippen LogP contribution in [-0.2, 0) is 16.0 Å². The largest absolute Gasteiger partial charge is 0.465 e. The molecule has 2 nitrogen and oxygen atoms in total. The first-order valence-corrected chi connectivity index (χ1v) is 12.1. The van der Waals surface area contributed by atoms with Gasteiger partial charge in [-0.05, 0) is 89.4 Å². The summed E-state index contributed by atoms with van der Waals surface area (Å²) in [5, 5.41) is 5.09. The number of hydrogen-bond acceptors (Lipinski definition) is 2. The van der Waals surface area contributed by atoms with Crippen LogP contribution in [0.25, 0.3) is 21.5 Å². The van der Waals surface area contributed by atoms with Gasteiger partial charge in [0.1, 0.15) is 0 Å². The molecule has 0 fully saturated rings. The second-order valence-corrected chi connectivity index (χ2v) is 10.2. The third-order valence-corrected chi connectivity index (χ3v) is 7.36. The standard InChI is InChI=1S/C31H32O2/c1-4-21(22-10-6-5-7-11-22)19-31(2,3)30(32)33-20-28-17-27-16-25-14-23-12-8-9-13-24(23)15-26(25)18-29(27)28/h5-16,18,21,28H,4,17,19-20H2,1-3H3. The molecule has 1 aliphatic carbocycles. The summed E-state index contributed by atoms with van der Waals surface area (Å²) in [6.07, 6.45) is 2.79. The summed E-state index contributed by atoms with van der Waals surface area (Å²) in [5.41, 5.74) is 3.51. The van der Waals surface area contributed by atoms with E-state index in [1.807, 2.05) is 19.9 Å². The van der Waals surface area contributed by atoms with Crippen molar-refractivity contribution in [3.63, 3.8) is 0 Å². The van der Waals surface area contributed by atoms with E-state index >= 15 is 0 Å². The fourth-order valence-corrected chi connectivity index (χ4v) is 5.30. The van der Waals surface area contributed by atoms with Crippen LogP contribution < -0.4 is 0 Å². The molecule has 5 rings (SSSR count). The molecule has 0 aliphatic heterocycles. The summed E-state index contributed by atoms with van der Waals surface area (Å²) in [6.45, 7) is 6.71. The molecule has 0 N–H and O–H groups in total. The lowest BCUT2D eigenvalue weighted by molar-refractivity contribution is -0.155. The number of carbonyl (C=O) groups excluding carboxylic acids is 1. The van der Waals surface area contributed by atoms with Gasteiger partial charge in [-0.15, -0.1) is 0 Å². The molecule has 33 heavy (non-hydrogen) atoms. The predicted molar refractivity (Wildman–Crippen MR) is 137 cm³/mol. The minimum Gasteiger partial charge on any atom is -0.465 e. The van der Waals surface area contributed by atoms with E-state index in [-0.39, 0.29) is 5.97 Å². The molecule has 0 saturated heterocycles. The zero-order valence-corrected chi connectivity index (χ0v) is 19.8. The van der Waals surface area contributed by atoms with E-state index in [0.717, 1.165) is 19.3 Å². The highest BCUT2D eigenvalue weighted by molar-refractivity contribution is 5.99. The molecule has 168 valence electrons. The normalized spacial score (nSPS) is 16.3. The lowest BCUT2D eigenvalue weighted by Crippen LogP contribution is -2.31. The Hall–Kier alpha value is -3.13. The van der Waals surface area contributed by atoms with Crippen molar-refractivity contribution in [3.05, 3.63) is 95.6 Å². The van der Waals surface area contributed by atoms with E-state index in [9.17, 15) is 4.79 Å². The molecular weight excluding hydrogens is 404 g/mol. The fourth-order valence-electron chi connectivity index (χ4n) is 5.30. The van der Waals surface area contributed by atoms with E-state index in [2.05, 4.69) is 79.7 Å². The molecule has 0 amide bonds. The highest BCUT2D eigenvalue weighted by Gasteiger charge is 2.34. The van der Waals surface area contributed by atoms with Gasteiger partial charge in [0.25, 0.3) is 0 Å². The lowest BCUT2D eigenvalue weighted by atomic mass is 9.76. The van der Waals surface area contributed by atoms with Crippen LogP contribution in [0.4, 0.5) is 0 Å². The number of esters is 1. The van der Waals surface area contributed by atoms with Crippen LogP contribution in [0.3, 0.4) is 0 Å². The van der Waals surface area contributed by atoms with Gasteiger partial charge in [0.2, 0.25) is 0 Å². The average Bonchev–Trinajstić information content (AvgIpc) is 2.82. The zero-order valence-electron chi connectivity index (χ0n) is 19.8. The number of hydrogen-bond donors (Lipinski definition) is 0. The second-order valence-electron chi connectivity index (χ2n) is 10.2. The van der Waals surface area contributed by atoms with Crippen LogP contribution in [0.15, 0.2) is 78.9 Å². The summed E-state index contributed by atoms with van der Waals surface area (Å²) in [7, 11) is 0. The molecular formula is C31H32O2. The van der Waals surface area contributed by atoms with Gasteiger partial charge in [-0.1, -0.05) is 73.7 Å². The van der Waals surface area contributed by atoms with Crippen molar-refractivity contribution in [3.8, 4) is 0 Å². The van der Waals surface area contributed by atoms with Gasteiger partial charge in [-0.2, -0.15) is 0 Å². The molecule has 0 spiro atoms. The molecule has 1 aliphatic rings. The Labute approximate surface area is 196 Å². The maximum absolute atomic E-state index is 13.0.